The van der Waals surface area contributed by atoms with Crippen LogP contribution < -0.4 is 0 Å². The lowest BCUT2D eigenvalue weighted by molar-refractivity contribution is -0.154. The maximum absolute atomic E-state index is 11.3. The first-order chi connectivity index (χ1) is 8.52. The lowest BCUT2D eigenvalue weighted by Gasteiger charge is -2.12. The molecule has 3 radical (unpaired) electrons. The summed E-state index contributed by atoms with van der Waals surface area (Å²) in [6.07, 6.45) is 4.42. The summed E-state index contributed by atoms with van der Waals surface area (Å²) in [7, 11) is 1.47. The molecule has 2 unspecified atom stereocenters. The van der Waals surface area contributed by atoms with Gasteiger partial charge in [0, 0.05) is 21.4 Å². The highest BCUT2D eigenvalue weighted by molar-refractivity contribution is 5.78. The van der Waals surface area contributed by atoms with Crippen LogP contribution >= 0.6 is 0 Å². The van der Waals surface area contributed by atoms with Crippen LogP contribution in [0.2, 0.25) is 0 Å². The zero-order valence-corrected chi connectivity index (χ0v) is 12.2. The number of rotatable bonds is 10. The van der Waals surface area contributed by atoms with Crippen molar-refractivity contribution in [3.63, 3.8) is 0 Å². The molecule has 0 bridgehead atoms. The molecule has 0 saturated heterocycles. The summed E-state index contributed by atoms with van der Waals surface area (Å²) >= 11 is 0. The Morgan fingerprint density at radius 2 is 1.95 bits per heavy atom. The third-order valence-corrected chi connectivity index (χ3v) is 2.90. The Morgan fingerprint density at radius 3 is 2.42 bits per heavy atom. The van der Waals surface area contributed by atoms with Gasteiger partial charge in [-0.15, -0.1) is 6.58 Å². The van der Waals surface area contributed by atoms with Gasteiger partial charge >= 0.3 is 5.97 Å². The second-order valence-electron chi connectivity index (χ2n) is 4.37. The highest BCUT2D eigenvalue weighted by Gasteiger charge is 2.14. The van der Waals surface area contributed by atoms with E-state index in [2.05, 4.69) is 6.58 Å². The minimum absolute atomic E-state index is 0. The molecule has 0 aromatic rings. The van der Waals surface area contributed by atoms with Crippen LogP contribution in [0.5, 0.6) is 0 Å². The summed E-state index contributed by atoms with van der Waals surface area (Å²) in [5.41, 5.74) is 0. The third-order valence-electron chi connectivity index (χ3n) is 2.90. The molecule has 0 aliphatic rings. The molecule has 0 rings (SSSR count). The van der Waals surface area contributed by atoms with Crippen LogP contribution in [0.25, 0.3) is 0 Å². The zero-order chi connectivity index (χ0) is 14.0. The number of hydrogen-bond acceptors (Lipinski definition) is 4. The lowest BCUT2D eigenvalue weighted by atomic mass is 9.95. The maximum Gasteiger partial charge on any atom is 0.334 e. The Bertz CT molecular complexity index is 279. The minimum atomic E-state index is -0.518. The van der Waals surface area contributed by atoms with E-state index in [9.17, 15) is 9.59 Å². The molecular formula is C14H24BO4. The van der Waals surface area contributed by atoms with Gasteiger partial charge < -0.3 is 9.47 Å². The molecule has 0 heterocycles. The fourth-order valence-corrected chi connectivity index (χ4v) is 1.57. The molecule has 0 fully saturated rings. The third kappa shape index (κ3) is 9.48. The minimum Gasteiger partial charge on any atom is -0.464 e. The normalized spacial score (nSPS) is 13.0. The number of unbranched alkanes of at least 4 members (excludes halogenated alkanes) is 1. The van der Waals surface area contributed by atoms with Crippen LogP contribution in [0.4, 0.5) is 0 Å². The first-order valence-electron chi connectivity index (χ1n) is 6.33. The number of methoxy groups -OCH3 is 1. The molecule has 0 aliphatic carbocycles. The van der Waals surface area contributed by atoms with Crippen molar-refractivity contribution in [1.29, 1.82) is 0 Å². The van der Waals surface area contributed by atoms with Gasteiger partial charge in [0.15, 0.2) is 6.10 Å². The summed E-state index contributed by atoms with van der Waals surface area (Å²) in [6, 6.07) is 0. The summed E-state index contributed by atoms with van der Waals surface area (Å²) in [6.45, 7) is 7.28. The Morgan fingerprint density at radius 1 is 1.32 bits per heavy atom. The number of allylic oxidation sites excluding steroid dienone is 1. The molecule has 0 spiro atoms. The molecule has 4 nitrogen and oxygen atoms in total. The van der Waals surface area contributed by atoms with Crippen LogP contribution in [0, 0.1) is 5.92 Å². The van der Waals surface area contributed by atoms with E-state index < -0.39 is 6.10 Å². The fraction of sp³-hybridized carbons (Fsp3) is 0.714. The molecular weight excluding hydrogens is 243 g/mol. The quantitative estimate of drug-likeness (QED) is 0.263. The summed E-state index contributed by atoms with van der Waals surface area (Å²) in [4.78, 5) is 22.6. The van der Waals surface area contributed by atoms with Crippen LogP contribution in [-0.2, 0) is 19.1 Å². The molecule has 0 N–H and O–H groups in total. The van der Waals surface area contributed by atoms with E-state index in [4.69, 9.17) is 9.47 Å². The van der Waals surface area contributed by atoms with Gasteiger partial charge in [-0.1, -0.05) is 6.08 Å². The Labute approximate surface area is 118 Å². The van der Waals surface area contributed by atoms with Crippen LogP contribution in [0.15, 0.2) is 12.7 Å². The number of carbonyl (C=O) groups is 2. The van der Waals surface area contributed by atoms with Crippen molar-refractivity contribution < 1.29 is 19.1 Å². The molecule has 0 aliphatic heterocycles. The monoisotopic (exact) mass is 267 g/mol. The van der Waals surface area contributed by atoms with E-state index in [0.29, 0.717) is 6.61 Å². The van der Waals surface area contributed by atoms with Crippen molar-refractivity contribution in [1.82, 2.24) is 0 Å². The molecule has 0 aromatic carbocycles. The largest absolute Gasteiger partial charge is 0.464 e. The van der Waals surface area contributed by atoms with E-state index in [1.54, 1.807) is 19.9 Å². The maximum atomic E-state index is 11.3. The predicted molar refractivity (Wildman–Crippen MR) is 76.0 cm³/mol. The Kier molecular flexibility index (Phi) is 12.7. The van der Waals surface area contributed by atoms with Gasteiger partial charge in [0.25, 0.3) is 0 Å². The second kappa shape index (κ2) is 12.0. The number of ketones is 1. The molecule has 0 saturated carbocycles. The highest BCUT2D eigenvalue weighted by Crippen LogP contribution is 2.14. The van der Waals surface area contributed by atoms with E-state index in [0.717, 1.165) is 25.7 Å². The zero-order valence-electron chi connectivity index (χ0n) is 12.2. The van der Waals surface area contributed by atoms with Crippen molar-refractivity contribution in [2.24, 2.45) is 5.92 Å². The molecule has 19 heavy (non-hydrogen) atoms. The number of Topliss-reactive ketones (excluding diaryl/α,β-unsaturated/α-hetero) is 1. The molecule has 2 atom stereocenters. The van der Waals surface area contributed by atoms with Crippen molar-refractivity contribution in [3.8, 4) is 0 Å². The average molecular weight is 267 g/mol. The SMILES string of the molecule is C=CCC(CCCCOC(=O)C(C)OC)C(C)=O.[B]. The van der Waals surface area contributed by atoms with Crippen molar-refractivity contribution in [2.75, 3.05) is 13.7 Å². The average Bonchev–Trinajstić information content (AvgIpc) is 2.35. The lowest BCUT2D eigenvalue weighted by Crippen LogP contribution is -2.22. The van der Waals surface area contributed by atoms with E-state index in [1.165, 1.54) is 7.11 Å². The van der Waals surface area contributed by atoms with Crippen molar-refractivity contribution in [3.05, 3.63) is 12.7 Å². The standard InChI is InChI=1S/C14H24O4.B/c1-5-8-13(11(2)15)9-6-7-10-18-14(16)12(3)17-4;/h5,12-13H,1,6-10H2,2-4H3;. The van der Waals surface area contributed by atoms with E-state index in [1.807, 2.05) is 0 Å². The first kappa shape index (κ1) is 20.2. The summed E-state index contributed by atoms with van der Waals surface area (Å²) in [5, 5.41) is 0. The number of ether oxygens (including phenoxy) is 2. The van der Waals surface area contributed by atoms with Crippen LogP contribution in [0.1, 0.15) is 39.5 Å². The molecule has 107 valence electrons. The molecule has 0 amide bonds. The topological polar surface area (TPSA) is 52.6 Å². The first-order valence-corrected chi connectivity index (χ1v) is 6.33. The molecule has 0 aromatic heterocycles. The van der Waals surface area contributed by atoms with Gasteiger partial charge in [-0.05, 0) is 39.5 Å². The van der Waals surface area contributed by atoms with E-state index >= 15 is 0 Å². The van der Waals surface area contributed by atoms with Crippen LogP contribution in [-0.4, -0.2) is 40.0 Å². The molecule has 5 heteroatoms. The Hall–Kier alpha value is -1.10. The Balaban J connectivity index is 0. The number of esters is 1. The summed E-state index contributed by atoms with van der Waals surface area (Å²) in [5.74, 6) is -0.0947. The van der Waals surface area contributed by atoms with Gasteiger partial charge in [0.1, 0.15) is 5.78 Å². The van der Waals surface area contributed by atoms with Gasteiger partial charge in [-0.25, -0.2) is 4.79 Å². The van der Waals surface area contributed by atoms with Crippen molar-refractivity contribution in [2.45, 2.75) is 45.6 Å². The van der Waals surface area contributed by atoms with Gasteiger partial charge in [0.05, 0.1) is 6.61 Å². The van der Waals surface area contributed by atoms with E-state index in [-0.39, 0.29) is 26.1 Å². The number of hydrogen-bond donors (Lipinski definition) is 0. The fourth-order valence-electron chi connectivity index (χ4n) is 1.57. The van der Waals surface area contributed by atoms with Gasteiger partial charge in [0.2, 0.25) is 0 Å². The smallest absolute Gasteiger partial charge is 0.334 e. The van der Waals surface area contributed by atoms with Crippen molar-refractivity contribution >= 4 is 20.2 Å². The summed E-state index contributed by atoms with van der Waals surface area (Å²) < 4.78 is 9.87. The number of carbonyl (C=O) groups excluding carboxylic acids is 2. The van der Waals surface area contributed by atoms with Gasteiger partial charge in [-0.2, -0.15) is 0 Å². The van der Waals surface area contributed by atoms with Gasteiger partial charge in [-0.3, -0.25) is 4.79 Å². The highest BCUT2D eigenvalue weighted by atomic mass is 16.6. The predicted octanol–water partition coefficient (Wildman–Crippen LogP) is 2.14. The second-order valence-corrected chi connectivity index (χ2v) is 4.37. The van der Waals surface area contributed by atoms with Crippen LogP contribution in [0.3, 0.4) is 0 Å².